The highest BCUT2D eigenvalue weighted by Gasteiger charge is 2.15. The number of nitrogens with one attached hydrogen (secondary N) is 1. The van der Waals surface area contributed by atoms with Crippen LogP contribution in [0.3, 0.4) is 0 Å². The fraction of sp³-hybridized carbons (Fsp3) is 0.0714. The van der Waals surface area contributed by atoms with Crippen molar-refractivity contribution in [1.82, 2.24) is 14.8 Å². The molecule has 0 saturated carbocycles. The minimum absolute atomic E-state index is 0.304. The minimum Gasteiger partial charge on any atom is -0.383 e. The number of carbonyl (C=O) groups is 1. The number of anilines is 2. The van der Waals surface area contributed by atoms with Gasteiger partial charge in [-0.15, -0.1) is 0 Å². The summed E-state index contributed by atoms with van der Waals surface area (Å²) >= 11 is 6.13. The van der Waals surface area contributed by atoms with E-state index in [1.54, 1.807) is 31.4 Å². The average Bonchev–Trinajstić information content (AvgIpc) is 2.82. The maximum atomic E-state index is 12.3. The molecule has 0 spiro atoms. The number of aromatic nitrogens is 3. The van der Waals surface area contributed by atoms with E-state index >= 15 is 0 Å². The van der Waals surface area contributed by atoms with Gasteiger partial charge in [-0.3, -0.25) is 14.5 Å². The van der Waals surface area contributed by atoms with E-state index in [1.165, 1.54) is 10.9 Å². The predicted molar refractivity (Wildman–Crippen MR) is 82.3 cm³/mol. The summed E-state index contributed by atoms with van der Waals surface area (Å²) in [5, 5.41) is 8.09. The van der Waals surface area contributed by atoms with E-state index in [2.05, 4.69) is 15.4 Å². The molecule has 2 aromatic heterocycles. The Labute approximate surface area is 125 Å². The van der Waals surface area contributed by atoms with Crippen LogP contribution in [0.5, 0.6) is 0 Å². The Morgan fingerprint density at radius 3 is 2.90 bits per heavy atom. The topological polar surface area (TPSA) is 85.8 Å². The summed E-state index contributed by atoms with van der Waals surface area (Å²) in [6.45, 7) is 0. The molecule has 0 atom stereocenters. The number of fused-ring (bicyclic) bond motifs is 1. The zero-order valence-corrected chi connectivity index (χ0v) is 11.9. The quantitative estimate of drug-likeness (QED) is 0.761. The van der Waals surface area contributed by atoms with Crippen molar-refractivity contribution >= 4 is 39.9 Å². The van der Waals surface area contributed by atoms with Crippen LogP contribution in [0.2, 0.25) is 5.02 Å². The van der Waals surface area contributed by atoms with Gasteiger partial charge in [0, 0.05) is 18.6 Å². The van der Waals surface area contributed by atoms with Crippen molar-refractivity contribution in [3.8, 4) is 0 Å². The van der Waals surface area contributed by atoms with Crippen molar-refractivity contribution in [3.05, 3.63) is 47.2 Å². The molecule has 0 aliphatic heterocycles. The van der Waals surface area contributed by atoms with Gasteiger partial charge in [0.05, 0.1) is 22.4 Å². The zero-order chi connectivity index (χ0) is 15.0. The van der Waals surface area contributed by atoms with Gasteiger partial charge in [0.1, 0.15) is 11.4 Å². The fourth-order valence-corrected chi connectivity index (χ4v) is 2.27. The second-order valence-electron chi connectivity index (χ2n) is 4.52. The molecule has 1 aromatic carbocycles. The number of hydrogen-bond donors (Lipinski definition) is 2. The zero-order valence-electron chi connectivity index (χ0n) is 11.2. The standard InChI is InChI=1S/C14H12ClN5O/c1-20-13(16)9(7-18-20)14(21)19-11-5-4-10(15)8-3-2-6-17-12(8)11/h2-7H,16H2,1H3,(H,19,21). The largest absolute Gasteiger partial charge is 0.383 e. The van der Waals surface area contributed by atoms with Crippen molar-refractivity contribution in [1.29, 1.82) is 0 Å². The van der Waals surface area contributed by atoms with E-state index in [4.69, 9.17) is 17.3 Å². The molecule has 3 aromatic rings. The van der Waals surface area contributed by atoms with E-state index in [9.17, 15) is 4.79 Å². The van der Waals surface area contributed by atoms with Crippen molar-refractivity contribution in [2.45, 2.75) is 0 Å². The molecule has 0 fully saturated rings. The first-order valence-electron chi connectivity index (χ1n) is 6.20. The molecule has 0 aliphatic carbocycles. The molecule has 2 heterocycles. The van der Waals surface area contributed by atoms with Crippen molar-refractivity contribution in [2.75, 3.05) is 11.1 Å². The number of benzene rings is 1. The molecule has 0 unspecified atom stereocenters. The number of nitrogen functional groups attached to an aromatic ring is 1. The van der Waals surface area contributed by atoms with Gasteiger partial charge in [-0.2, -0.15) is 5.10 Å². The molecule has 0 aliphatic rings. The highest BCUT2D eigenvalue weighted by molar-refractivity contribution is 6.36. The summed E-state index contributed by atoms with van der Waals surface area (Å²) in [6.07, 6.45) is 3.07. The van der Waals surface area contributed by atoms with Gasteiger partial charge in [0.25, 0.3) is 5.91 Å². The number of amides is 1. The van der Waals surface area contributed by atoms with E-state index in [0.717, 1.165) is 5.39 Å². The van der Waals surface area contributed by atoms with Crippen LogP contribution in [0.4, 0.5) is 11.5 Å². The second kappa shape index (κ2) is 5.06. The highest BCUT2D eigenvalue weighted by Crippen LogP contribution is 2.28. The van der Waals surface area contributed by atoms with Gasteiger partial charge in [0.15, 0.2) is 0 Å². The van der Waals surface area contributed by atoms with E-state index in [-0.39, 0.29) is 5.91 Å². The maximum absolute atomic E-state index is 12.3. The summed E-state index contributed by atoms with van der Waals surface area (Å²) in [6, 6.07) is 7.06. The van der Waals surface area contributed by atoms with E-state index in [0.29, 0.717) is 27.6 Å². The monoisotopic (exact) mass is 301 g/mol. The maximum Gasteiger partial charge on any atom is 0.261 e. The number of pyridine rings is 1. The molecule has 3 rings (SSSR count). The molecule has 106 valence electrons. The summed E-state index contributed by atoms with van der Waals surface area (Å²) in [4.78, 5) is 16.5. The molecule has 21 heavy (non-hydrogen) atoms. The Kier molecular flexibility index (Phi) is 3.23. The third-order valence-electron chi connectivity index (χ3n) is 3.19. The first-order valence-corrected chi connectivity index (χ1v) is 6.58. The number of nitrogens with zero attached hydrogens (tertiary/aromatic N) is 3. The van der Waals surface area contributed by atoms with Crippen molar-refractivity contribution < 1.29 is 4.79 Å². The van der Waals surface area contributed by atoms with Crippen LogP contribution in [-0.2, 0) is 7.05 Å². The number of aryl methyl sites for hydroxylation is 1. The summed E-state index contributed by atoms with van der Waals surface area (Å²) < 4.78 is 1.44. The van der Waals surface area contributed by atoms with Gasteiger partial charge < -0.3 is 11.1 Å². The normalized spacial score (nSPS) is 10.8. The number of rotatable bonds is 2. The Balaban J connectivity index is 2.01. The molecule has 1 amide bonds. The summed E-state index contributed by atoms with van der Waals surface area (Å²) in [5.41, 5.74) is 7.31. The number of hydrogen-bond acceptors (Lipinski definition) is 4. The van der Waals surface area contributed by atoms with Crippen molar-refractivity contribution in [3.63, 3.8) is 0 Å². The molecule has 3 N–H and O–H groups in total. The molecule has 0 radical (unpaired) electrons. The van der Waals surface area contributed by atoms with E-state index in [1.807, 2.05) is 6.07 Å². The SMILES string of the molecule is Cn1ncc(C(=O)Nc2ccc(Cl)c3cccnc23)c1N. The molecule has 0 bridgehead atoms. The lowest BCUT2D eigenvalue weighted by molar-refractivity contribution is 0.102. The predicted octanol–water partition coefficient (Wildman–Crippen LogP) is 2.46. The third kappa shape index (κ3) is 2.30. The number of nitrogens with two attached hydrogens (primary N) is 1. The lowest BCUT2D eigenvalue weighted by atomic mass is 10.2. The van der Waals surface area contributed by atoms with Gasteiger partial charge >= 0.3 is 0 Å². The Morgan fingerprint density at radius 2 is 2.19 bits per heavy atom. The van der Waals surface area contributed by atoms with Crippen molar-refractivity contribution in [2.24, 2.45) is 7.05 Å². The van der Waals surface area contributed by atoms with Gasteiger partial charge in [-0.1, -0.05) is 11.6 Å². The second-order valence-corrected chi connectivity index (χ2v) is 4.92. The molecule has 6 nitrogen and oxygen atoms in total. The Morgan fingerprint density at radius 1 is 1.38 bits per heavy atom. The highest BCUT2D eigenvalue weighted by atomic mass is 35.5. The fourth-order valence-electron chi connectivity index (χ4n) is 2.05. The van der Waals surface area contributed by atoms with E-state index < -0.39 is 0 Å². The van der Waals surface area contributed by atoms with Crippen LogP contribution in [0.1, 0.15) is 10.4 Å². The summed E-state index contributed by atoms with van der Waals surface area (Å²) in [7, 11) is 1.67. The molecular weight excluding hydrogens is 290 g/mol. The minimum atomic E-state index is -0.338. The van der Waals surface area contributed by atoms with Gasteiger partial charge in [0.2, 0.25) is 0 Å². The Hall–Kier alpha value is -2.60. The number of carbonyl (C=O) groups excluding carboxylic acids is 1. The van der Waals surface area contributed by atoms with Crippen LogP contribution < -0.4 is 11.1 Å². The van der Waals surface area contributed by atoms with Gasteiger partial charge in [-0.25, -0.2) is 0 Å². The average molecular weight is 302 g/mol. The van der Waals surface area contributed by atoms with Crippen LogP contribution in [0, 0.1) is 0 Å². The lowest BCUT2D eigenvalue weighted by Gasteiger charge is -2.08. The van der Waals surface area contributed by atoms with Gasteiger partial charge in [-0.05, 0) is 24.3 Å². The van der Waals surface area contributed by atoms with Crippen LogP contribution in [-0.4, -0.2) is 20.7 Å². The van der Waals surface area contributed by atoms with Crippen LogP contribution >= 0.6 is 11.6 Å². The van der Waals surface area contributed by atoms with Crippen LogP contribution in [0.15, 0.2) is 36.7 Å². The molecular formula is C14H12ClN5O. The first-order chi connectivity index (χ1) is 10.1. The third-order valence-corrected chi connectivity index (χ3v) is 3.52. The Bertz CT molecular complexity index is 842. The number of halogens is 1. The van der Waals surface area contributed by atoms with Crippen LogP contribution in [0.25, 0.3) is 10.9 Å². The molecule has 7 heteroatoms. The smallest absolute Gasteiger partial charge is 0.261 e. The first kappa shape index (κ1) is 13.4. The summed E-state index contributed by atoms with van der Waals surface area (Å²) in [5.74, 6) is -0.0337. The lowest BCUT2D eigenvalue weighted by Crippen LogP contribution is -2.14. The molecule has 0 saturated heterocycles.